The number of carbonyl (C=O) groups is 2. The highest BCUT2D eigenvalue weighted by atomic mass is 16.5. The van der Waals surface area contributed by atoms with E-state index in [1.54, 1.807) is 24.3 Å². The Bertz CT molecular complexity index is 458. The van der Waals surface area contributed by atoms with Crippen LogP contribution >= 0.6 is 0 Å². The van der Waals surface area contributed by atoms with Crippen LogP contribution in [0.1, 0.15) is 12.0 Å². The lowest BCUT2D eigenvalue weighted by Crippen LogP contribution is -2.45. The van der Waals surface area contributed by atoms with E-state index in [2.05, 4.69) is 10.1 Å². The van der Waals surface area contributed by atoms with Gasteiger partial charge >= 0.3 is 5.97 Å². The van der Waals surface area contributed by atoms with E-state index in [4.69, 9.17) is 5.73 Å². The topological polar surface area (TPSA) is 81.4 Å². The van der Waals surface area contributed by atoms with Gasteiger partial charge in [0.15, 0.2) is 0 Å². The summed E-state index contributed by atoms with van der Waals surface area (Å²) in [4.78, 5) is 23.0. The number of fused-ring (bicyclic) bond motifs is 1. The minimum absolute atomic E-state index is 0.160. The molecular formula is C11H12N2O3. The number of anilines is 1. The van der Waals surface area contributed by atoms with Crippen molar-refractivity contribution in [1.82, 2.24) is 0 Å². The van der Waals surface area contributed by atoms with Crippen molar-refractivity contribution < 1.29 is 14.3 Å². The van der Waals surface area contributed by atoms with E-state index in [-0.39, 0.29) is 12.3 Å². The highest BCUT2D eigenvalue weighted by Crippen LogP contribution is 2.36. The van der Waals surface area contributed by atoms with Gasteiger partial charge < -0.3 is 15.8 Å². The zero-order chi connectivity index (χ0) is 11.8. The Hall–Kier alpha value is -1.88. The fraction of sp³-hybridized carbons (Fsp3) is 0.273. The van der Waals surface area contributed by atoms with Gasteiger partial charge in [0, 0.05) is 11.3 Å². The second-order valence-electron chi connectivity index (χ2n) is 3.72. The molecule has 5 heteroatoms. The molecule has 1 aliphatic rings. The molecule has 1 amide bonds. The van der Waals surface area contributed by atoms with Crippen LogP contribution in [0.5, 0.6) is 0 Å². The summed E-state index contributed by atoms with van der Waals surface area (Å²) in [6.45, 7) is 0. The van der Waals surface area contributed by atoms with E-state index in [9.17, 15) is 9.59 Å². The minimum Gasteiger partial charge on any atom is -0.469 e. The summed E-state index contributed by atoms with van der Waals surface area (Å²) in [7, 11) is 1.27. The third-order valence-electron chi connectivity index (χ3n) is 2.71. The molecule has 0 saturated carbocycles. The molecule has 1 aromatic rings. The van der Waals surface area contributed by atoms with Crippen molar-refractivity contribution >= 4 is 17.6 Å². The van der Waals surface area contributed by atoms with E-state index in [1.807, 2.05) is 0 Å². The first-order valence-electron chi connectivity index (χ1n) is 4.84. The Morgan fingerprint density at radius 3 is 2.88 bits per heavy atom. The average molecular weight is 220 g/mol. The molecule has 0 spiro atoms. The van der Waals surface area contributed by atoms with Crippen molar-refractivity contribution in [2.75, 3.05) is 12.4 Å². The van der Waals surface area contributed by atoms with E-state index < -0.39 is 11.5 Å². The van der Waals surface area contributed by atoms with Gasteiger partial charge in [-0.2, -0.15) is 0 Å². The molecule has 0 aliphatic carbocycles. The van der Waals surface area contributed by atoms with Gasteiger partial charge in [0.05, 0.1) is 13.5 Å². The molecule has 16 heavy (non-hydrogen) atoms. The van der Waals surface area contributed by atoms with Crippen molar-refractivity contribution in [2.24, 2.45) is 5.73 Å². The maximum absolute atomic E-state index is 11.8. The number of rotatable bonds is 2. The Labute approximate surface area is 92.6 Å². The molecule has 1 atom stereocenters. The van der Waals surface area contributed by atoms with Crippen molar-refractivity contribution in [3.8, 4) is 0 Å². The predicted molar refractivity (Wildman–Crippen MR) is 57.6 cm³/mol. The third-order valence-corrected chi connectivity index (χ3v) is 2.71. The lowest BCUT2D eigenvalue weighted by molar-refractivity contribution is -0.144. The quantitative estimate of drug-likeness (QED) is 0.705. The largest absolute Gasteiger partial charge is 0.469 e. The first-order chi connectivity index (χ1) is 7.58. The monoisotopic (exact) mass is 220 g/mol. The zero-order valence-corrected chi connectivity index (χ0v) is 8.82. The van der Waals surface area contributed by atoms with E-state index in [1.165, 1.54) is 7.11 Å². The molecular weight excluding hydrogens is 208 g/mol. The third kappa shape index (κ3) is 1.45. The summed E-state index contributed by atoms with van der Waals surface area (Å²) < 4.78 is 4.54. The van der Waals surface area contributed by atoms with Crippen molar-refractivity contribution in [3.63, 3.8) is 0 Å². The summed E-state index contributed by atoms with van der Waals surface area (Å²) in [5.74, 6) is -0.881. The molecule has 0 bridgehead atoms. The van der Waals surface area contributed by atoms with Crippen LogP contribution in [0.15, 0.2) is 24.3 Å². The summed E-state index contributed by atoms with van der Waals surface area (Å²) in [6, 6.07) is 7.05. The molecule has 3 N–H and O–H groups in total. The average Bonchev–Trinajstić information content (AvgIpc) is 2.52. The highest BCUT2D eigenvalue weighted by Gasteiger charge is 2.45. The molecule has 2 rings (SSSR count). The number of methoxy groups -OCH3 is 1. The van der Waals surface area contributed by atoms with Gasteiger partial charge in [-0.25, -0.2) is 0 Å². The summed E-state index contributed by atoms with van der Waals surface area (Å²) in [5, 5.41) is 2.65. The lowest BCUT2D eigenvalue weighted by Gasteiger charge is -2.20. The van der Waals surface area contributed by atoms with Gasteiger partial charge in [-0.3, -0.25) is 9.59 Å². The second kappa shape index (κ2) is 3.61. The molecule has 0 unspecified atom stereocenters. The van der Waals surface area contributed by atoms with Crippen LogP contribution in [0.4, 0.5) is 5.69 Å². The molecule has 1 aliphatic heterocycles. The van der Waals surface area contributed by atoms with E-state index >= 15 is 0 Å². The number of nitrogens with one attached hydrogen (secondary N) is 1. The molecule has 84 valence electrons. The Morgan fingerprint density at radius 1 is 1.50 bits per heavy atom. The maximum Gasteiger partial charge on any atom is 0.308 e. The number of esters is 1. The fourth-order valence-electron chi connectivity index (χ4n) is 1.81. The summed E-state index contributed by atoms with van der Waals surface area (Å²) in [6.07, 6.45) is -0.160. The van der Waals surface area contributed by atoms with Crippen LogP contribution in [-0.2, 0) is 19.9 Å². The van der Waals surface area contributed by atoms with Gasteiger partial charge in [-0.1, -0.05) is 18.2 Å². The first-order valence-corrected chi connectivity index (χ1v) is 4.84. The number of amides is 1. The number of carbonyl (C=O) groups excluding carboxylic acids is 2. The Kier molecular flexibility index (Phi) is 2.40. The Balaban J connectivity index is 2.40. The number of para-hydroxylation sites is 1. The van der Waals surface area contributed by atoms with Gasteiger partial charge in [-0.05, 0) is 6.07 Å². The number of nitrogens with two attached hydrogens (primary N) is 1. The minimum atomic E-state index is -1.32. The van der Waals surface area contributed by atoms with Crippen LogP contribution in [0, 0.1) is 0 Å². The molecule has 0 radical (unpaired) electrons. The molecule has 0 fully saturated rings. The Morgan fingerprint density at radius 2 is 2.19 bits per heavy atom. The number of ether oxygens (including phenoxy) is 1. The van der Waals surface area contributed by atoms with Crippen LogP contribution in [0.2, 0.25) is 0 Å². The highest BCUT2D eigenvalue weighted by molar-refractivity contribution is 6.07. The fourth-order valence-corrected chi connectivity index (χ4v) is 1.81. The van der Waals surface area contributed by atoms with Crippen molar-refractivity contribution in [3.05, 3.63) is 29.8 Å². The molecule has 0 saturated heterocycles. The van der Waals surface area contributed by atoms with E-state index in [0.717, 1.165) is 0 Å². The van der Waals surface area contributed by atoms with E-state index in [0.29, 0.717) is 11.3 Å². The van der Waals surface area contributed by atoms with Crippen LogP contribution < -0.4 is 11.1 Å². The van der Waals surface area contributed by atoms with Crippen LogP contribution in [0.25, 0.3) is 0 Å². The van der Waals surface area contributed by atoms with Crippen molar-refractivity contribution in [2.45, 2.75) is 12.0 Å². The van der Waals surface area contributed by atoms with Gasteiger partial charge in [0.2, 0.25) is 5.91 Å². The van der Waals surface area contributed by atoms with Gasteiger partial charge in [-0.15, -0.1) is 0 Å². The maximum atomic E-state index is 11.8. The van der Waals surface area contributed by atoms with Gasteiger partial charge in [0.25, 0.3) is 0 Å². The smallest absolute Gasteiger partial charge is 0.308 e. The SMILES string of the molecule is COC(=O)C[C@]1(N)C(=O)Nc2ccccc21. The molecule has 5 nitrogen and oxygen atoms in total. The molecule has 0 aromatic heterocycles. The predicted octanol–water partition coefficient (Wildman–Crippen LogP) is 0.356. The summed E-state index contributed by atoms with van der Waals surface area (Å²) >= 11 is 0. The number of hydrogen-bond acceptors (Lipinski definition) is 4. The van der Waals surface area contributed by atoms with Gasteiger partial charge in [0.1, 0.15) is 5.54 Å². The normalized spacial score (nSPS) is 22.5. The van der Waals surface area contributed by atoms with Crippen molar-refractivity contribution in [1.29, 1.82) is 0 Å². The summed E-state index contributed by atoms with van der Waals surface area (Å²) in [5.41, 5.74) is 5.94. The second-order valence-corrected chi connectivity index (χ2v) is 3.72. The standard InChI is InChI=1S/C11H12N2O3/c1-16-9(14)6-11(12)7-4-2-3-5-8(7)13-10(11)15/h2-5H,6,12H2,1H3,(H,13,15)/t11-/m1/s1. The zero-order valence-electron chi connectivity index (χ0n) is 8.82. The number of benzene rings is 1. The molecule has 1 aromatic carbocycles. The van der Waals surface area contributed by atoms with Crippen LogP contribution in [-0.4, -0.2) is 19.0 Å². The first kappa shape index (κ1) is 10.6. The van der Waals surface area contributed by atoms with Crippen LogP contribution in [0.3, 0.4) is 0 Å². The molecule has 1 heterocycles. The number of hydrogen-bond donors (Lipinski definition) is 2. The lowest BCUT2D eigenvalue weighted by atomic mass is 9.89.